The molecule has 2 rings (SSSR count). The number of likely N-dealkylation sites (N-methyl/N-ethyl adjacent to an activating group) is 1. The Bertz CT molecular complexity index is 211. The van der Waals surface area contributed by atoms with Crippen molar-refractivity contribution in [3.05, 3.63) is 0 Å². The van der Waals surface area contributed by atoms with Gasteiger partial charge in [0.2, 0.25) is 0 Å². The highest BCUT2D eigenvalue weighted by atomic mass is 15.3. The van der Waals surface area contributed by atoms with E-state index in [-0.39, 0.29) is 5.54 Å². The van der Waals surface area contributed by atoms with Crippen LogP contribution in [0, 0.1) is 0 Å². The number of rotatable bonds is 2. The van der Waals surface area contributed by atoms with Crippen LogP contribution in [-0.2, 0) is 0 Å². The summed E-state index contributed by atoms with van der Waals surface area (Å²) < 4.78 is 0. The van der Waals surface area contributed by atoms with E-state index in [1.165, 1.54) is 64.7 Å². The van der Waals surface area contributed by atoms with Crippen molar-refractivity contribution < 1.29 is 0 Å². The fraction of sp³-hybridized carbons (Fsp3) is 1.00. The van der Waals surface area contributed by atoms with Gasteiger partial charge < -0.3 is 10.6 Å². The Hall–Kier alpha value is -0.120. The van der Waals surface area contributed by atoms with Crippen LogP contribution in [0.5, 0.6) is 0 Å². The summed E-state index contributed by atoms with van der Waals surface area (Å²) in [7, 11) is 2.24. The lowest BCUT2D eigenvalue weighted by atomic mass is 9.87. The molecule has 0 saturated carbocycles. The van der Waals surface area contributed by atoms with Crippen molar-refractivity contribution in [3.63, 3.8) is 0 Å². The van der Waals surface area contributed by atoms with Crippen LogP contribution in [0.2, 0.25) is 0 Å². The summed E-state index contributed by atoms with van der Waals surface area (Å²) in [6.45, 7) is 5.78. The molecule has 1 unspecified atom stereocenters. The third-order valence-electron chi connectivity index (χ3n) is 4.40. The summed E-state index contributed by atoms with van der Waals surface area (Å²) in [6.07, 6.45) is 8.16. The normalized spacial score (nSPS) is 34.9. The molecule has 3 nitrogen and oxygen atoms in total. The molecule has 0 amide bonds. The molecule has 0 bridgehead atoms. The van der Waals surface area contributed by atoms with Gasteiger partial charge in [0, 0.05) is 18.6 Å². The van der Waals surface area contributed by atoms with E-state index in [2.05, 4.69) is 16.8 Å². The number of hydrogen-bond acceptors (Lipinski definition) is 3. The molecule has 16 heavy (non-hydrogen) atoms. The zero-order chi connectivity index (χ0) is 11.4. The van der Waals surface area contributed by atoms with Crippen molar-refractivity contribution in [2.75, 3.05) is 39.8 Å². The molecule has 94 valence electrons. The van der Waals surface area contributed by atoms with Gasteiger partial charge in [0.1, 0.15) is 0 Å². The fourth-order valence-electron chi connectivity index (χ4n) is 3.44. The first kappa shape index (κ1) is 12.3. The second-order valence-electron chi connectivity index (χ2n) is 5.67. The highest BCUT2D eigenvalue weighted by Gasteiger charge is 2.38. The molecule has 0 radical (unpaired) electrons. The van der Waals surface area contributed by atoms with Gasteiger partial charge in [-0.3, -0.25) is 4.90 Å². The van der Waals surface area contributed by atoms with Gasteiger partial charge in [-0.2, -0.15) is 0 Å². The first-order valence-corrected chi connectivity index (χ1v) is 6.90. The quantitative estimate of drug-likeness (QED) is 0.768. The van der Waals surface area contributed by atoms with E-state index in [1.807, 2.05) is 0 Å². The average Bonchev–Trinajstić information content (AvgIpc) is 2.57. The number of piperidine rings is 1. The standard InChI is InChI=1S/C13H27N3/c1-15-8-6-7-13(11-14,12-15)16-9-4-2-3-5-10-16/h2-12,14H2,1H3. The highest BCUT2D eigenvalue weighted by Crippen LogP contribution is 2.28. The third kappa shape index (κ3) is 2.58. The second-order valence-corrected chi connectivity index (χ2v) is 5.67. The Morgan fingerprint density at radius 2 is 1.69 bits per heavy atom. The van der Waals surface area contributed by atoms with Gasteiger partial charge in [0.15, 0.2) is 0 Å². The Morgan fingerprint density at radius 1 is 1.00 bits per heavy atom. The molecule has 2 aliphatic rings. The first-order valence-electron chi connectivity index (χ1n) is 6.90. The summed E-state index contributed by atoms with van der Waals surface area (Å²) >= 11 is 0. The van der Waals surface area contributed by atoms with Gasteiger partial charge >= 0.3 is 0 Å². The smallest absolute Gasteiger partial charge is 0.0458 e. The lowest BCUT2D eigenvalue weighted by Gasteiger charge is -2.48. The van der Waals surface area contributed by atoms with Gasteiger partial charge in [-0.05, 0) is 52.4 Å². The molecule has 2 aliphatic heterocycles. The van der Waals surface area contributed by atoms with E-state index in [4.69, 9.17) is 5.73 Å². The minimum Gasteiger partial charge on any atom is -0.329 e. The molecule has 0 aliphatic carbocycles. The number of nitrogens with two attached hydrogens (primary N) is 1. The molecule has 3 heteroatoms. The van der Waals surface area contributed by atoms with Crippen LogP contribution >= 0.6 is 0 Å². The molecule has 2 N–H and O–H groups in total. The van der Waals surface area contributed by atoms with Crippen LogP contribution in [0.25, 0.3) is 0 Å². The zero-order valence-electron chi connectivity index (χ0n) is 10.7. The largest absolute Gasteiger partial charge is 0.329 e. The summed E-state index contributed by atoms with van der Waals surface area (Å²) in [5.74, 6) is 0. The summed E-state index contributed by atoms with van der Waals surface area (Å²) in [5.41, 5.74) is 6.40. The van der Waals surface area contributed by atoms with Crippen molar-refractivity contribution in [2.45, 2.75) is 44.1 Å². The van der Waals surface area contributed by atoms with Crippen molar-refractivity contribution in [3.8, 4) is 0 Å². The summed E-state index contributed by atoms with van der Waals surface area (Å²) in [4.78, 5) is 5.16. The van der Waals surface area contributed by atoms with Crippen LogP contribution in [0.15, 0.2) is 0 Å². The molecule has 0 aromatic heterocycles. The monoisotopic (exact) mass is 225 g/mol. The van der Waals surface area contributed by atoms with Gasteiger partial charge in [0.05, 0.1) is 0 Å². The maximum Gasteiger partial charge on any atom is 0.0458 e. The number of nitrogens with zero attached hydrogens (tertiary/aromatic N) is 2. The SMILES string of the molecule is CN1CCCC(CN)(N2CCCCCC2)C1. The van der Waals surface area contributed by atoms with Crippen molar-refractivity contribution in [1.29, 1.82) is 0 Å². The zero-order valence-corrected chi connectivity index (χ0v) is 10.7. The van der Waals surface area contributed by atoms with E-state index in [1.54, 1.807) is 0 Å². The summed E-state index contributed by atoms with van der Waals surface area (Å²) in [5, 5.41) is 0. The predicted octanol–water partition coefficient (Wildman–Crippen LogP) is 1.29. The van der Waals surface area contributed by atoms with Crippen LogP contribution in [0.3, 0.4) is 0 Å². The Labute approximate surface area is 100.0 Å². The molecule has 2 saturated heterocycles. The maximum absolute atomic E-state index is 6.11. The average molecular weight is 225 g/mol. The maximum atomic E-state index is 6.11. The lowest BCUT2D eigenvalue weighted by molar-refractivity contribution is 0.0281. The third-order valence-corrected chi connectivity index (χ3v) is 4.40. The number of likely N-dealkylation sites (tertiary alicyclic amines) is 2. The lowest BCUT2D eigenvalue weighted by Crippen LogP contribution is -2.62. The minimum absolute atomic E-state index is 0.289. The van der Waals surface area contributed by atoms with E-state index in [9.17, 15) is 0 Å². The summed E-state index contributed by atoms with van der Waals surface area (Å²) in [6, 6.07) is 0. The van der Waals surface area contributed by atoms with Crippen LogP contribution in [-0.4, -0.2) is 55.1 Å². The second kappa shape index (κ2) is 5.48. The molecule has 0 spiro atoms. The fourth-order valence-corrected chi connectivity index (χ4v) is 3.44. The van der Waals surface area contributed by atoms with Gasteiger partial charge in [-0.25, -0.2) is 0 Å². The van der Waals surface area contributed by atoms with E-state index in [0.717, 1.165) is 6.54 Å². The Balaban J connectivity index is 2.05. The van der Waals surface area contributed by atoms with Crippen LogP contribution < -0.4 is 5.73 Å². The predicted molar refractivity (Wildman–Crippen MR) is 68.6 cm³/mol. The Morgan fingerprint density at radius 3 is 2.25 bits per heavy atom. The Kier molecular flexibility index (Phi) is 4.22. The van der Waals surface area contributed by atoms with E-state index >= 15 is 0 Å². The number of hydrogen-bond donors (Lipinski definition) is 1. The molecular weight excluding hydrogens is 198 g/mol. The van der Waals surface area contributed by atoms with Crippen molar-refractivity contribution in [2.24, 2.45) is 5.73 Å². The molecular formula is C13H27N3. The van der Waals surface area contributed by atoms with Crippen molar-refractivity contribution >= 4 is 0 Å². The van der Waals surface area contributed by atoms with Crippen molar-refractivity contribution in [1.82, 2.24) is 9.80 Å². The van der Waals surface area contributed by atoms with E-state index in [0.29, 0.717) is 0 Å². The minimum atomic E-state index is 0.289. The molecule has 0 aromatic carbocycles. The molecule has 2 heterocycles. The van der Waals surface area contributed by atoms with Gasteiger partial charge in [-0.15, -0.1) is 0 Å². The van der Waals surface area contributed by atoms with Crippen LogP contribution in [0.4, 0.5) is 0 Å². The topological polar surface area (TPSA) is 32.5 Å². The molecule has 2 fully saturated rings. The van der Waals surface area contributed by atoms with E-state index < -0.39 is 0 Å². The molecule has 0 aromatic rings. The highest BCUT2D eigenvalue weighted by molar-refractivity contribution is 4.97. The van der Waals surface area contributed by atoms with Crippen LogP contribution in [0.1, 0.15) is 38.5 Å². The first-order chi connectivity index (χ1) is 7.77. The van der Waals surface area contributed by atoms with Gasteiger partial charge in [-0.1, -0.05) is 12.8 Å². The molecule has 1 atom stereocenters. The van der Waals surface area contributed by atoms with Gasteiger partial charge in [0.25, 0.3) is 0 Å².